The second-order valence-electron chi connectivity index (χ2n) is 6.20. The Morgan fingerprint density at radius 3 is 2.45 bits per heavy atom. The lowest BCUT2D eigenvalue weighted by atomic mass is 9.86. The smallest absolute Gasteiger partial charge is 0.0841 e. The van der Waals surface area contributed by atoms with Crippen molar-refractivity contribution in [2.24, 2.45) is 5.92 Å². The van der Waals surface area contributed by atoms with Crippen LogP contribution in [0.25, 0.3) is 0 Å². The molecule has 20 heavy (non-hydrogen) atoms. The lowest BCUT2D eigenvalue weighted by Crippen LogP contribution is -2.42. The third-order valence-corrected chi connectivity index (χ3v) is 4.12. The monoisotopic (exact) mass is 277 g/mol. The first-order chi connectivity index (χ1) is 9.46. The predicted octanol–water partition coefficient (Wildman–Crippen LogP) is 4.35. The quantitative estimate of drug-likeness (QED) is 0.762. The highest BCUT2D eigenvalue weighted by Gasteiger charge is 2.33. The van der Waals surface area contributed by atoms with E-state index in [0.717, 1.165) is 19.4 Å². The van der Waals surface area contributed by atoms with Crippen LogP contribution < -0.4 is 5.32 Å². The van der Waals surface area contributed by atoms with Crippen LogP contribution in [0, 0.1) is 5.92 Å². The van der Waals surface area contributed by atoms with Gasteiger partial charge in [-0.3, -0.25) is 0 Å². The molecular formula is C18H31NO. The Labute approximate surface area is 124 Å². The minimum atomic E-state index is -0.174. The van der Waals surface area contributed by atoms with E-state index >= 15 is 0 Å². The van der Waals surface area contributed by atoms with Gasteiger partial charge < -0.3 is 10.1 Å². The Balaban J connectivity index is 3.08. The van der Waals surface area contributed by atoms with E-state index in [1.807, 2.05) is 7.11 Å². The van der Waals surface area contributed by atoms with E-state index in [9.17, 15) is 0 Å². The lowest BCUT2D eigenvalue weighted by molar-refractivity contribution is -0.0296. The molecule has 0 aliphatic rings. The fourth-order valence-electron chi connectivity index (χ4n) is 2.73. The molecule has 0 aliphatic heterocycles. The number of hydrogen-bond acceptors (Lipinski definition) is 2. The van der Waals surface area contributed by atoms with Crippen molar-refractivity contribution in [3.63, 3.8) is 0 Å². The molecule has 0 radical (unpaired) electrons. The minimum absolute atomic E-state index is 0.174. The maximum absolute atomic E-state index is 5.81. The number of rotatable bonds is 8. The molecule has 2 atom stereocenters. The van der Waals surface area contributed by atoms with Crippen LogP contribution in [0.15, 0.2) is 24.3 Å². The van der Waals surface area contributed by atoms with Gasteiger partial charge in [0, 0.05) is 7.11 Å². The summed E-state index contributed by atoms with van der Waals surface area (Å²) in [4.78, 5) is 0. The molecule has 0 bridgehead atoms. The maximum atomic E-state index is 5.81. The Morgan fingerprint density at radius 1 is 1.25 bits per heavy atom. The standard InChI is InChI=1S/C18H31NO/c1-7-18(5,20-6)17(19-8-2)16-11-9-10-15(13-16)12-14(3)4/h9-11,13-14,17,19H,7-8,12H2,1-6H3. The average molecular weight is 277 g/mol. The summed E-state index contributed by atoms with van der Waals surface area (Å²) in [5, 5.41) is 3.60. The molecule has 0 aromatic heterocycles. The molecule has 1 rings (SSSR count). The molecule has 0 heterocycles. The molecule has 0 fully saturated rings. The lowest BCUT2D eigenvalue weighted by Gasteiger charge is -2.37. The molecule has 2 nitrogen and oxygen atoms in total. The van der Waals surface area contributed by atoms with Crippen molar-refractivity contribution < 1.29 is 4.74 Å². The number of nitrogens with one attached hydrogen (secondary N) is 1. The van der Waals surface area contributed by atoms with Gasteiger partial charge in [0.15, 0.2) is 0 Å². The van der Waals surface area contributed by atoms with Crippen LogP contribution in [0.1, 0.15) is 58.2 Å². The largest absolute Gasteiger partial charge is 0.377 e. The normalized spacial score (nSPS) is 16.1. The number of hydrogen-bond donors (Lipinski definition) is 1. The van der Waals surface area contributed by atoms with Crippen LogP contribution in [0.4, 0.5) is 0 Å². The van der Waals surface area contributed by atoms with Crippen molar-refractivity contribution in [2.45, 2.75) is 59.1 Å². The predicted molar refractivity (Wildman–Crippen MR) is 87.1 cm³/mol. The molecule has 0 saturated heterocycles. The Morgan fingerprint density at radius 2 is 1.95 bits per heavy atom. The van der Waals surface area contributed by atoms with Crippen molar-refractivity contribution >= 4 is 0 Å². The van der Waals surface area contributed by atoms with Gasteiger partial charge in [-0.1, -0.05) is 52.0 Å². The van der Waals surface area contributed by atoms with E-state index in [0.29, 0.717) is 5.92 Å². The molecule has 2 unspecified atom stereocenters. The van der Waals surface area contributed by atoms with Crippen molar-refractivity contribution in [2.75, 3.05) is 13.7 Å². The molecule has 0 amide bonds. The fraction of sp³-hybridized carbons (Fsp3) is 0.667. The first kappa shape index (κ1) is 17.2. The van der Waals surface area contributed by atoms with Gasteiger partial charge in [0.1, 0.15) is 0 Å². The first-order valence-corrected chi connectivity index (χ1v) is 7.84. The number of likely N-dealkylation sites (N-methyl/N-ethyl adjacent to an activating group) is 1. The van der Waals surface area contributed by atoms with E-state index in [4.69, 9.17) is 4.74 Å². The highest BCUT2D eigenvalue weighted by Crippen LogP contribution is 2.32. The molecular weight excluding hydrogens is 246 g/mol. The summed E-state index contributed by atoms with van der Waals surface area (Å²) < 4.78 is 5.81. The highest BCUT2D eigenvalue weighted by atomic mass is 16.5. The van der Waals surface area contributed by atoms with Crippen LogP contribution in [0.2, 0.25) is 0 Å². The molecule has 1 aromatic rings. The summed E-state index contributed by atoms with van der Waals surface area (Å²) in [5.74, 6) is 0.683. The van der Waals surface area contributed by atoms with E-state index in [1.54, 1.807) is 0 Å². The Kier molecular flexibility index (Phi) is 6.70. The molecule has 0 aliphatic carbocycles. The van der Waals surface area contributed by atoms with E-state index < -0.39 is 0 Å². The van der Waals surface area contributed by atoms with Gasteiger partial charge in [-0.2, -0.15) is 0 Å². The third kappa shape index (κ3) is 4.32. The molecule has 0 spiro atoms. The van der Waals surface area contributed by atoms with Crippen molar-refractivity contribution in [1.29, 1.82) is 0 Å². The summed E-state index contributed by atoms with van der Waals surface area (Å²) >= 11 is 0. The Hall–Kier alpha value is -0.860. The van der Waals surface area contributed by atoms with E-state index in [1.165, 1.54) is 11.1 Å². The van der Waals surface area contributed by atoms with Crippen LogP contribution in [-0.4, -0.2) is 19.3 Å². The zero-order chi connectivity index (χ0) is 15.2. The number of ether oxygens (including phenoxy) is 1. The highest BCUT2D eigenvalue weighted by molar-refractivity contribution is 5.28. The maximum Gasteiger partial charge on any atom is 0.0841 e. The fourth-order valence-corrected chi connectivity index (χ4v) is 2.73. The second-order valence-corrected chi connectivity index (χ2v) is 6.20. The van der Waals surface area contributed by atoms with Gasteiger partial charge in [0.25, 0.3) is 0 Å². The van der Waals surface area contributed by atoms with Gasteiger partial charge >= 0.3 is 0 Å². The van der Waals surface area contributed by atoms with Gasteiger partial charge in [-0.25, -0.2) is 0 Å². The third-order valence-electron chi connectivity index (χ3n) is 4.12. The Bertz CT molecular complexity index is 396. The summed E-state index contributed by atoms with van der Waals surface area (Å²) in [6.07, 6.45) is 2.11. The molecule has 2 heteroatoms. The summed E-state index contributed by atoms with van der Waals surface area (Å²) in [5.41, 5.74) is 2.57. The second kappa shape index (κ2) is 7.80. The first-order valence-electron chi connectivity index (χ1n) is 7.84. The van der Waals surface area contributed by atoms with Crippen LogP contribution >= 0.6 is 0 Å². The van der Waals surface area contributed by atoms with Crippen LogP contribution in [-0.2, 0) is 11.2 Å². The molecule has 114 valence electrons. The van der Waals surface area contributed by atoms with Gasteiger partial charge in [-0.05, 0) is 43.4 Å². The van der Waals surface area contributed by atoms with Gasteiger partial charge in [0.05, 0.1) is 11.6 Å². The van der Waals surface area contributed by atoms with Crippen molar-refractivity contribution in [3.05, 3.63) is 35.4 Å². The van der Waals surface area contributed by atoms with Crippen LogP contribution in [0.3, 0.4) is 0 Å². The van der Waals surface area contributed by atoms with Crippen LogP contribution in [0.5, 0.6) is 0 Å². The van der Waals surface area contributed by atoms with Crippen molar-refractivity contribution in [1.82, 2.24) is 5.32 Å². The molecule has 1 N–H and O–H groups in total. The zero-order valence-electron chi connectivity index (χ0n) is 14.0. The summed E-state index contributed by atoms with van der Waals surface area (Å²) in [6, 6.07) is 9.17. The van der Waals surface area contributed by atoms with E-state index in [-0.39, 0.29) is 11.6 Å². The summed E-state index contributed by atoms with van der Waals surface area (Å²) in [7, 11) is 1.81. The molecule has 1 aromatic carbocycles. The molecule has 0 saturated carbocycles. The summed E-state index contributed by atoms with van der Waals surface area (Å²) in [6.45, 7) is 12.0. The zero-order valence-corrected chi connectivity index (χ0v) is 14.0. The number of methoxy groups -OCH3 is 1. The van der Waals surface area contributed by atoms with Gasteiger partial charge in [0.2, 0.25) is 0 Å². The number of benzene rings is 1. The SMILES string of the molecule is CCNC(c1cccc(CC(C)C)c1)C(C)(CC)OC. The average Bonchev–Trinajstić information content (AvgIpc) is 2.43. The van der Waals surface area contributed by atoms with Gasteiger partial charge in [-0.15, -0.1) is 0 Å². The van der Waals surface area contributed by atoms with Crippen molar-refractivity contribution in [3.8, 4) is 0 Å². The minimum Gasteiger partial charge on any atom is -0.377 e. The van der Waals surface area contributed by atoms with E-state index in [2.05, 4.69) is 64.2 Å². The topological polar surface area (TPSA) is 21.3 Å².